The molecule has 1 aliphatic heterocycles. The van der Waals surface area contributed by atoms with Crippen LogP contribution in [0.1, 0.15) is 0 Å². The van der Waals surface area contributed by atoms with E-state index in [1.807, 2.05) is 11.8 Å². The molecule has 10 heavy (non-hydrogen) atoms. The molecule has 0 bridgehead atoms. The summed E-state index contributed by atoms with van der Waals surface area (Å²) in [5, 5.41) is 8.67. The molecule has 3 nitrogen and oxygen atoms in total. The summed E-state index contributed by atoms with van der Waals surface area (Å²) >= 11 is 1.83. The van der Waals surface area contributed by atoms with Gasteiger partial charge in [0.1, 0.15) is 0 Å². The van der Waals surface area contributed by atoms with Gasteiger partial charge in [-0.05, 0) is 0 Å². The van der Waals surface area contributed by atoms with Gasteiger partial charge in [-0.3, -0.25) is 0 Å². The third-order valence-electron chi connectivity index (χ3n) is 1.53. The number of rotatable bonds is 2. The molecule has 2 unspecified atom stereocenters. The maximum atomic E-state index is 8.67. The van der Waals surface area contributed by atoms with Crippen LogP contribution in [0.15, 0.2) is 0 Å². The quantitative estimate of drug-likeness (QED) is 0.573. The van der Waals surface area contributed by atoms with Crippen LogP contribution in [0.4, 0.5) is 0 Å². The second kappa shape index (κ2) is 4.18. The molecule has 1 saturated heterocycles. The van der Waals surface area contributed by atoms with Crippen molar-refractivity contribution in [1.82, 2.24) is 0 Å². The highest BCUT2D eigenvalue weighted by atomic mass is 32.2. The molecule has 0 aromatic carbocycles. The molecular formula is C6H13NO2S. The number of ether oxygens (including phenoxy) is 1. The molecule has 3 N–H and O–H groups in total. The molecule has 60 valence electrons. The number of aliphatic hydroxyl groups excluding tert-OH is 1. The van der Waals surface area contributed by atoms with Crippen molar-refractivity contribution >= 4 is 11.8 Å². The summed E-state index contributed by atoms with van der Waals surface area (Å²) in [7, 11) is 0. The van der Waals surface area contributed by atoms with E-state index in [4.69, 9.17) is 15.6 Å². The Morgan fingerprint density at radius 2 is 2.60 bits per heavy atom. The van der Waals surface area contributed by atoms with E-state index < -0.39 is 0 Å². The van der Waals surface area contributed by atoms with Crippen molar-refractivity contribution in [3.05, 3.63) is 0 Å². The van der Waals surface area contributed by atoms with Crippen molar-refractivity contribution in [3.8, 4) is 0 Å². The molecular weight excluding hydrogens is 150 g/mol. The molecule has 4 heteroatoms. The van der Waals surface area contributed by atoms with Crippen LogP contribution in [0.25, 0.3) is 0 Å². The molecule has 0 spiro atoms. The van der Waals surface area contributed by atoms with Crippen molar-refractivity contribution in [3.63, 3.8) is 0 Å². The van der Waals surface area contributed by atoms with Gasteiger partial charge >= 0.3 is 0 Å². The van der Waals surface area contributed by atoms with E-state index in [1.165, 1.54) is 0 Å². The Hall–Kier alpha value is 0.230. The predicted octanol–water partition coefficient (Wildman–Crippen LogP) is -0.562. The van der Waals surface area contributed by atoms with Crippen molar-refractivity contribution in [2.24, 2.45) is 5.73 Å². The highest BCUT2D eigenvalue weighted by Gasteiger charge is 2.20. The maximum Gasteiger partial charge on any atom is 0.0838 e. The van der Waals surface area contributed by atoms with E-state index in [0.717, 1.165) is 18.1 Å². The van der Waals surface area contributed by atoms with Gasteiger partial charge in [-0.1, -0.05) is 0 Å². The van der Waals surface area contributed by atoms with E-state index >= 15 is 0 Å². The molecule has 1 rings (SSSR count). The van der Waals surface area contributed by atoms with Crippen molar-refractivity contribution in [2.45, 2.75) is 12.1 Å². The molecule has 2 atom stereocenters. The molecule has 0 radical (unpaired) electrons. The normalized spacial score (nSPS) is 30.0. The van der Waals surface area contributed by atoms with Gasteiger partial charge in [0.2, 0.25) is 0 Å². The Bertz CT molecular complexity index is 95.7. The Labute approximate surface area is 64.9 Å². The molecule has 1 aliphatic rings. The lowest BCUT2D eigenvalue weighted by molar-refractivity contribution is 0.0411. The summed E-state index contributed by atoms with van der Waals surface area (Å²) in [5.74, 6) is 1.97. The van der Waals surface area contributed by atoms with Gasteiger partial charge in [0.25, 0.3) is 0 Å². The molecule has 0 aromatic heterocycles. The third kappa shape index (κ3) is 2.12. The van der Waals surface area contributed by atoms with E-state index in [2.05, 4.69) is 0 Å². The van der Waals surface area contributed by atoms with Gasteiger partial charge in [0.15, 0.2) is 0 Å². The van der Waals surface area contributed by atoms with Gasteiger partial charge in [-0.25, -0.2) is 0 Å². The smallest absolute Gasteiger partial charge is 0.0838 e. The molecule has 0 amide bonds. The van der Waals surface area contributed by atoms with Crippen LogP contribution in [-0.2, 0) is 4.74 Å². The predicted molar refractivity (Wildman–Crippen MR) is 42.1 cm³/mol. The fourth-order valence-corrected chi connectivity index (χ4v) is 1.83. The summed E-state index contributed by atoms with van der Waals surface area (Å²) in [6, 6.07) is -0.201. The standard InChI is InChI=1S/C6H13NO2S/c7-5(3-8)6-4-10-2-1-9-6/h5-6,8H,1-4,7H2. The van der Waals surface area contributed by atoms with Crippen LogP contribution >= 0.6 is 11.8 Å². The number of nitrogens with two attached hydrogens (primary N) is 1. The topological polar surface area (TPSA) is 55.5 Å². The lowest BCUT2D eigenvalue weighted by Gasteiger charge is -2.26. The lowest BCUT2D eigenvalue weighted by Crippen LogP contribution is -2.43. The average molecular weight is 163 g/mol. The zero-order valence-electron chi connectivity index (χ0n) is 5.82. The molecule has 0 aromatic rings. The Morgan fingerprint density at radius 1 is 1.80 bits per heavy atom. The van der Waals surface area contributed by atoms with Crippen LogP contribution in [0.3, 0.4) is 0 Å². The number of hydrogen-bond acceptors (Lipinski definition) is 4. The Balaban J connectivity index is 2.24. The monoisotopic (exact) mass is 163 g/mol. The van der Waals surface area contributed by atoms with E-state index in [9.17, 15) is 0 Å². The van der Waals surface area contributed by atoms with Gasteiger partial charge < -0.3 is 15.6 Å². The molecule has 1 heterocycles. The number of thioether (sulfide) groups is 1. The van der Waals surface area contributed by atoms with Crippen LogP contribution in [0.2, 0.25) is 0 Å². The fraction of sp³-hybridized carbons (Fsp3) is 1.00. The van der Waals surface area contributed by atoms with Crippen LogP contribution < -0.4 is 5.73 Å². The van der Waals surface area contributed by atoms with E-state index in [1.54, 1.807) is 0 Å². The first-order valence-corrected chi connectivity index (χ1v) is 4.56. The fourth-order valence-electron chi connectivity index (χ4n) is 0.871. The van der Waals surface area contributed by atoms with Gasteiger partial charge in [0, 0.05) is 11.5 Å². The zero-order chi connectivity index (χ0) is 7.40. The van der Waals surface area contributed by atoms with Crippen LogP contribution in [0, 0.1) is 0 Å². The third-order valence-corrected chi connectivity index (χ3v) is 2.55. The van der Waals surface area contributed by atoms with Gasteiger partial charge in [-0.15, -0.1) is 0 Å². The first-order chi connectivity index (χ1) is 4.84. The maximum absolute atomic E-state index is 8.67. The van der Waals surface area contributed by atoms with Crippen molar-refractivity contribution < 1.29 is 9.84 Å². The largest absolute Gasteiger partial charge is 0.395 e. The second-order valence-corrected chi connectivity index (χ2v) is 3.48. The molecule has 0 saturated carbocycles. The minimum Gasteiger partial charge on any atom is -0.395 e. The molecule has 1 fully saturated rings. The zero-order valence-corrected chi connectivity index (χ0v) is 6.64. The minimum absolute atomic E-state index is 0.0191. The molecule has 0 aliphatic carbocycles. The van der Waals surface area contributed by atoms with E-state index in [0.29, 0.717) is 0 Å². The summed E-state index contributed by atoms with van der Waals surface area (Å²) < 4.78 is 5.32. The van der Waals surface area contributed by atoms with Crippen molar-refractivity contribution in [1.29, 1.82) is 0 Å². The highest BCUT2D eigenvalue weighted by molar-refractivity contribution is 7.99. The summed E-state index contributed by atoms with van der Waals surface area (Å²) in [6.45, 7) is 0.786. The first-order valence-electron chi connectivity index (χ1n) is 3.40. The summed E-state index contributed by atoms with van der Waals surface area (Å²) in [6.07, 6.45) is 0.0590. The Morgan fingerprint density at radius 3 is 3.10 bits per heavy atom. The van der Waals surface area contributed by atoms with Gasteiger partial charge in [0.05, 0.1) is 25.4 Å². The van der Waals surface area contributed by atoms with Crippen LogP contribution in [-0.4, -0.2) is 42.0 Å². The van der Waals surface area contributed by atoms with Crippen molar-refractivity contribution in [2.75, 3.05) is 24.7 Å². The minimum atomic E-state index is -0.201. The van der Waals surface area contributed by atoms with Gasteiger partial charge in [-0.2, -0.15) is 11.8 Å². The number of hydrogen-bond donors (Lipinski definition) is 2. The summed E-state index contributed by atoms with van der Waals surface area (Å²) in [4.78, 5) is 0. The first kappa shape index (κ1) is 8.33. The Kier molecular flexibility index (Phi) is 3.48. The average Bonchev–Trinajstić information content (AvgIpc) is 2.05. The van der Waals surface area contributed by atoms with E-state index in [-0.39, 0.29) is 18.8 Å². The second-order valence-electron chi connectivity index (χ2n) is 2.33. The highest BCUT2D eigenvalue weighted by Crippen LogP contribution is 2.13. The number of aliphatic hydroxyl groups is 1. The lowest BCUT2D eigenvalue weighted by atomic mass is 10.2. The SMILES string of the molecule is NC(CO)C1CSCCO1. The van der Waals surface area contributed by atoms with Crippen LogP contribution in [0.5, 0.6) is 0 Å². The summed E-state index contributed by atoms with van der Waals surface area (Å²) in [5.41, 5.74) is 5.56.